The Kier molecular flexibility index (Phi) is 5.28. The number of methoxy groups -OCH3 is 1. The second kappa shape index (κ2) is 6.53. The lowest BCUT2D eigenvalue weighted by Gasteiger charge is -2.15. The summed E-state index contributed by atoms with van der Waals surface area (Å²) in [6.07, 6.45) is 2.23. The number of nitrogens with zero attached hydrogens (tertiary/aromatic N) is 2. The zero-order valence-corrected chi connectivity index (χ0v) is 9.62. The fourth-order valence-electron chi connectivity index (χ4n) is 1.44. The molecule has 1 N–H and O–H groups in total. The predicted molar refractivity (Wildman–Crippen MR) is 56.4 cm³/mol. The van der Waals surface area contributed by atoms with E-state index in [1.165, 1.54) is 0 Å². The minimum atomic E-state index is 0.371. The average Bonchev–Trinajstić information content (AvgIpc) is 2.61. The van der Waals surface area contributed by atoms with Crippen molar-refractivity contribution in [2.24, 2.45) is 0 Å². The third-order valence-electron chi connectivity index (χ3n) is 2.31. The van der Waals surface area contributed by atoms with Crippen molar-refractivity contribution in [3.63, 3.8) is 0 Å². The molecule has 0 fully saturated rings. The van der Waals surface area contributed by atoms with E-state index in [4.69, 9.17) is 4.74 Å². The molecule has 1 aromatic heterocycles. The average molecular weight is 213 g/mol. The molecule has 0 spiro atoms. The maximum Gasteiger partial charge on any atom is 0.121 e. The van der Waals surface area contributed by atoms with Crippen LogP contribution in [0.3, 0.4) is 0 Å². The summed E-state index contributed by atoms with van der Waals surface area (Å²) in [5.41, 5.74) is 1.71. The van der Waals surface area contributed by atoms with Crippen molar-refractivity contribution in [2.45, 2.75) is 39.3 Å². The topological polar surface area (TPSA) is 60.2 Å². The Morgan fingerprint density at radius 1 is 1.47 bits per heavy atom. The monoisotopic (exact) mass is 213 g/mol. The van der Waals surface area contributed by atoms with E-state index in [2.05, 4.69) is 27.2 Å². The summed E-state index contributed by atoms with van der Waals surface area (Å²) >= 11 is 0. The van der Waals surface area contributed by atoms with Crippen molar-refractivity contribution in [1.29, 1.82) is 0 Å². The van der Waals surface area contributed by atoms with Gasteiger partial charge in [0.25, 0.3) is 0 Å². The van der Waals surface area contributed by atoms with Crippen LogP contribution in [0.5, 0.6) is 0 Å². The van der Waals surface area contributed by atoms with E-state index in [9.17, 15) is 0 Å². The molecule has 1 unspecified atom stereocenters. The molecule has 15 heavy (non-hydrogen) atoms. The van der Waals surface area contributed by atoms with Crippen molar-refractivity contribution in [1.82, 2.24) is 15.6 Å². The summed E-state index contributed by atoms with van der Waals surface area (Å²) in [6, 6.07) is 0.371. The number of aryl methyl sites for hydroxylation is 1. The van der Waals surface area contributed by atoms with E-state index in [1.54, 1.807) is 7.11 Å². The van der Waals surface area contributed by atoms with Crippen LogP contribution in [0.15, 0.2) is 4.63 Å². The van der Waals surface area contributed by atoms with Gasteiger partial charge in [-0.15, -0.1) is 0 Å². The maximum absolute atomic E-state index is 5.13. The molecule has 1 heterocycles. The fourth-order valence-corrected chi connectivity index (χ4v) is 1.44. The van der Waals surface area contributed by atoms with E-state index in [-0.39, 0.29) is 0 Å². The summed E-state index contributed by atoms with van der Waals surface area (Å²) in [7, 11) is 1.72. The standard InChI is InChI=1S/C10H19N3O2/c1-4-5-9(7-14-3)11-6-10-8(2)12-15-13-10/h9,11H,4-7H2,1-3H3. The van der Waals surface area contributed by atoms with Crippen LogP contribution in [0.25, 0.3) is 0 Å². The molecule has 0 aliphatic heterocycles. The molecular weight excluding hydrogens is 194 g/mol. The van der Waals surface area contributed by atoms with Crippen LogP contribution in [0, 0.1) is 6.92 Å². The lowest BCUT2D eigenvalue weighted by Crippen LogP contribution is -2.32. The van der Waals surface area contributed by atoms with Crippen LogP contribution in [-0.4, -0.2) is 30.1 Å². The van der Waals surface area contributed by atoms with Crippen LogP contribution in [0.2, 0.25) is 0 Å². The molecule has 0 radical (unpaired) electrons. The Bertz CT molecular complexity index is 269. The summed E-state index contributed by atoms with van der Waals surface area (Å²) in [6.45, 7) is 5.45. The first-order chi connectivity index (χ1) is 7.27. The number of hydrogen-bond acceptors (Lipinski definition) is 5. The Hall–Kier alpha value is -0.940. The Balaban J connectivity index is 2.36. The van der Waals surface area contributed by atoms with Gasteiger partial charge in [-0.05, 0) is 13.3 Å². The molecule has 0 amide bonds. The van der Waals surface area contributed by atoms with Crippen molar-refractivity contribution < 1.29 is 9.37 Å². The fraction of sp³-hybridized carbons (Fsp3) is 0.800. The highest BCUT2D eigenvalue weighted by molar-refractivity contribution is 5.04. The zero-order valence-electron chi connectivity index (χ0n) is 9.62. The van der Waals surface area contributed by atoms with Gasteiger partial charge in [-0.25, -0.2) is 4.63 Å². The van der Waals surface area contributed by atoms with Gasteiger partial charge in [0.2, 0.25) is 0 Å². The molecule has 1 aromatic rings. The first-order valence-corrected chi connectivity index (χ1v) is 5.28. The molecule has 0 aliphatic rings. The third kappa shape index (κ3) is 3.97. The van der Waals surface area contributed by atoms with Gasteiger partial charge in [-0.1, -0.05) is 23.7 Å². The van der Waals surface area contributed by atoms with Crippen LogP contribution >= 0.6 is 0 Å². The van der Waals surface area contributed by atoms with Gasteiger partial charge < -0.3 is 10.1 Å². The van der Waals surface area contributed by atoms with Gasteiger partial charge in [0.05, 0.1) is 6.61 Å². The summed E-state index contributed by atoms with van der Waals surface area (Å²) in [5.74, 6) is 0. The van der Waals surface area contributed by atoms with Gasteiger partial charge in [0, 0.05) is 19.7 Å². The molecule has 0 aromatic carbocycles. The largest absolute Gasteiger partial charge is 0.383 e. The quantitative estimate of drug-likeness (QED) is 0.739. The molecule has 0 aliphatic carbocycles. The van der Waals surface area contributed by atoms with E-state index >= 15 is 0 Å². The van der Waals surface area contributed by atoms with Crippen molar-refractivity contribution in [2.75, 3.05) is 13.7 Å². The Labute approximate surface area is 90.2 Å². The van der Waals surface area contributed by atoms with Gasteiger partial charge in [0.1, 0.15) is 11.4 Å². The second-order valence-electron chi connectivity index (χ2n) is 3.62. The molecule has 5 heteroatoms. The highest BCUT2D eigenvalue weighted by Gasteiger charge is 2.09. The van der Waals surface area contributed by atoms with E-state index < -0.39 is 0 Å². The Morgan fingerprint density at radius 3 is 2.80 bits per heavy atom. The third-order valence-corrected chi connectivity index (χ3v) is 2.31. The van der Waals surface area contributed by atoms with Gasteiger partial charge >= 0.3 is 0 Å². The molecule has 86 valence electrons. The first kappa shape index (κ1) is 12.1. The summed E-state index contributed by atoms with van der Waals surface area (Å²) < 4.78 is 9.76. The zero-order chi connectivity index (χ0) is 11.1. The van der Waals surface area contributed by atoms with E-state index in [0.29, 0.717) is 12.6 Å². The molecule has 0 saturated carbocycles. The highest BCUT2D eigenvalue weighted by Crippen LogP contribution is 2.02. The molecular formula is C10H19N3O2. The lowest BCUT2D eigenvalue weighted by atomic mass is 10.2. The van der Waals surface area contributed by atoms with Gasteiger partial charge in [0.15, 0.2) is 0 Å². The highest BCUT2D eigenvalue weighted by atomic mass is 16.6. The van der Waals surface area contributed by atoms with Crippen LogP contribution in [0.1, 0.15) is 31.2 Å². The molecule has 1 atom stereocenters. The molecule has 0 saturated heterocycles. The normalized spacial score (nSPS) is 13.0. The van der Waals surface area contributed by atoms with Gasteiger partial charge in [-0.3, -0.25) is 0 Å². The summed E-state index contributed by atoms with van der Waals surface area (Å²) in [5, 5.41) is 10.9. The number of rotatable bonds is 7. The smallest absolute Gasteiger partial charge is 0.121 e. The minimum Gasteiger partial charge on any atom is -0.383 e. The Morgan fingerprint density at radius 2 is 2.27 bits per heavy atom. The van der Waals surface area contributed by atoms with Crippen molar-refractivity contribution in [3.05, 3.63) is 11.4 Å². The van der Waals surface area contributed by atoms with Gasteiger partial charge in [-0.2, -0.15) is 0 Å². The molecule has 5 nitrogen and oxygen atoms in total. The lowest BCUT2D eigenvalue weighted by molar-refractivity contribution is 0.161. The van der Waals surface area contributed by atoms with Crippen LogP contribution in [-0.2, 0) is 11.3 Å². The SMILES string of the molecule is CCCC(COC)NCc1nonc1C. The van der Waals surface area contributed by atoms with E-state index in [0.717, 1.165) is 30.8 Å². The van der Waals surface area contributed by atoms with E-state index in [1.807, 2.05) is 6.92 Å². The summed E-state index contributed by atoms with van der Waals surface area (Å²) in [4.78, 5) is 0. The number of ether oxygens (including phenoxy) is 1. The number of hydrogen-bond donors (Lipinski definition) is 1. The predicted octanol–water partition coefficient (Wildman–Crippen LogP) is 1.28. The number of aromatic nitrogens is 2. The van der Waals surface area contributed by atoms with Crippen molar-refractivity contribution >= 4 is 0 Å². The maximum atomic E-state index is 5.13. The van der Waals surface area contributed by atoms with Crippen LogP contribution < -0.4 is 5.32 Å². The first-order valence-electron chi connectivity index (χ1n) is 5.28. The molecule has 1 rings (SSSR count). The second-order valence-corrected chi connectivity index (χ2v) is 3.62. The molecule has 0 bridgehead atoms. The van der Waals surface area contributed by atoms with Crippen molar-refractivity contribution in [3.8, 4) is 0 Å². The number of nitrogens with one attached hydrogen (secondary N) is 1. The van der Waals surface area contributed by atoms with Crippen LogP contribution in [0.4, 0.5) is 0 Å². The minimum absolute atomic E-state index is 0.371.